The van der Waals surface area contributed by atoms with Crippen molar-refractivity contribution in [3.8, 4) is 0 Å². The van der Waals surface area contributed by atoms with Crippen LogP contribution in [0.25, 0.3) is 5.65 Å². The van der Waals surface area contributed by atoms with Gasteiger partial charge in [-0.05, 0) is 66.3 Å². The quantitative estimate of drug-likeness (QED) is 0.707. The van der Waals surface area contributed by atoms with E-state index >= 15 is 0 Å². The fourth-order valence-corrected chi connectivity index (χ4v) is 3.66. The van der Waals surface area contributed by atoms with Gasteiger partial charge in [-0.1, -0.05) is 6.07 Å². The highest BCUT2D eigenvalue weighted by atomic mass is 19.1. The lowest BCUT2D eigenvalue weighted by Crippen LogP contribution is -2.40. The number of carbonyl (C=O) groups excluding carboxylic acids is 1. The molecule has 3 aromatic rings. The van der Waals surface area contributed by atoms with Gasteiger partial charge in [-0.25, -0.2) is 13.3 Å². The second-order valence-electron chi connectivity index (χ2n) is 6.90. The van der Waals surface area contributed by atoms with Crippen molar-refractivity contribution in [2.75, 3.05) is 13.1 Å². The molecule has 27 heavy (non-hydrogen) atoms. The van der Waals surface area contributed by atoms with Crippen molar-refractivity contribution in [2.45, 2.75) is 25.7 Å². The van der Waals surface area contributed by atoms with Gasteiger partial charge in [0.25, 0.3) is 5.91 Å². The highest BCUT2D eigenvalue weighted by Gasteiger charge is 2.25. The summed E-state index contributed by atoms with van der Waals surface area (Å²) in [5.41, 5.74) is 1.19. The van der Waals surface area contributed by atoms with Crippen molar-refractivity contribution in [3.63, 3.8) is 0 Å². The number of nitrogens with zero attached hydrogens (tertiary/aromatic N) is 5. The molecule has 0 saturated carbocycles. The predicted octanol–water partition coefficient (Wildman–Crippen LogP) is 2.89. The average Bonchev–Trinajstić information content (AvgIpc) is 3.15. The summed E-state index contributed by atoms with van der Waals surface area (Å²) in [6.45, 7) is 1.27. The summed E-state index contributed by atoms with van der Waals surface area (Å²) in [7, 11) is 0. The topological polar surface area (TPSA) is 63.4 Å². The van der Waals surface area contributed by atoms with E-state index in [2.05, 4.69) is 15.5 Å². The number of halogens is 2. The van der Waals surface area contributed by atoms with Crippen molar-refractivity contribution < 1.29 is 13.6 Å². The first kappa shape index (κ1) is 17.5. The van der Waals surface area contributed by atoms with E-state index in [0.29, 0.717) is 37.1 Å². The van der Waals surface area contributed by atoms with Gasteiger partial charge < -0.3 is 4.90 Å². The number of pyridine rings is 1. The Kier molecular flexibility index (Phi) is 4.79. The molecule has 1 fully saturated rings. The van der Waals surface area contributed by atoms with E-state index in [4.69, 9.17) is 0 Å². The molecule has 1 amide bonds. The van der Waals surface area contributed by atoms with E-state index in [1.165, 1.54) is 22.7 Å². The van der Waals surface area contributed by atoms with Crippen molar-refractivity contribution in [1.29, 1.82) is 0 Å². The lowest BCUT2D eigenvalue weighted by atomic mass is 9.91. The molecule has 2 aromatic heterocycles. The van der Waals surface area contributed by atoms with Gasteiger partial charge in [-0.15, -0.1) is 5.10 Å². The van der Waals surface area contributed by atoms with Crippen LogP contribution >= 0.6 is 0 Å². The van der Waals surface area contributed by atoms with E-state index < -0.39 is 11.6 Å². The van der Waals surface area contributed by atoms with Crippen LogP contribution in [0.15, 0.2) is 36.5 Å². The van der Waals surface area contributed by atoms with Crippen LogP contribution in [0.1, 0.15) is 35.2 Å². The van der Waals surface area contributed by atoms with Crippen molar-refractivity contribution in [2.24, 2.45) is 5.92 Å². The predicted molar refractivity (Wildman–Crippen MR) is 94.1 cm³/mol. The number of hydrogen-bond acceptors (Lipinski definition) is 4. The van der Waals surface area contributed by atoms with Gasteiger partial charge >= 0.3 is 0 Å². The number of benzene rings is 1. The first-order chi connectivity index (χ1) is 13.1. The number of carbonyl (C=O) groups is 1. The van der Waals surface area contributed by atoms with Crippen LogP contribution < -0.4 is 0 Å². The highest BCUT2D eigenvalue weighted by Crippen LogP contribution is 2.24. The van der Waals surface area contributed by atoms with Gasteiger partial charge in [0.15, 0.2) is 5.65 Å². The fourth-order valence-electron chi connectivity index (χ4n) is 3.66. The number of rotatable bonds is 4. The van der Waals surface area contributed by atoms with E-state index in [0.717, 1.165) is 12.8 Å². The molecule has 1 aliphatic rings. The molecule has 1 aliphatic heterocycles. The largest absolute Gasteiger partial charge is 0.338 e. The lowest BCUT2D eigenvalue weighted by molar-refractivity contribution is 0.0668. The van der Waals surface area contributed by atoms with Crippen LogP contribution in [-0.4, -0.2) is 43.9 Å². The van der Waals surface area contributed by atoms with E-state index in [-0.39, 0.29) is 17.4 Å². The van der Waals surface area contributed by atoms with Crippen LogP contribution in [0.5, 0.6) is 0 Å². The highest BCUT2D eigenvalue weighted by molar-refractivity contribution is 5.95. The van der Waals surface area contributed by atoms with Crippen molar-refractivity contribution in [3.05, 3.63) is 59.3 Å². The number of fused-ring (bicyclic) bond motifs is 1. The third-order valence-corrected chi connectivity index (χ3v) is 5.12. The lowest BCUT2D eigenvalue weighted by Gasteiger charge is -2.33. The molecule has 0 aliphatic carbocycles. The zero-order valence-electron chi connectivity index (χ0n) is 14.7. The Morgan fingerprint density at radius 2 is 2.04 bits per heavy atom. The summed E-state index contributed by atoms with van der Waals surface area (Å²) in [4.78, 5) is 14.6. The maximum atomic E-state index is 13.8. The van der Waals surface area contributed by atoms with E-state index in [1.54, 1.807) is 18.3 Å². The Morgan fingerprint density at radius 3 is 2.85 bits per heavy atom. The van der Waals surface area contributed by atoms with Crippen LogP contribution in [0.2, 0.25) is 0 Å². The Bertz CT molecular complexity index is 953. The summed E-state index contributed by atoms with van der Waals surface area (Å²) < 4.78 is 29.1. The maximum absolute atomic E-state index is 13.8. The minimum absolute atomic E-state index is 0.0673. The molecule has 140 valence electrons. The second-order valence-corrected chi connectivity index (χ2v) is 6.90. The zero-order chi connectivity index (χ0) is 18.8. The average molecular weight is 371 g/mol. The smallest absolute Gasteiger partial charge is 0.254 e. The van der Waals surface area contributed by atoms with Gasteiger partial charge in [0.2, 0.25) is 0 Å². The third kappa shape index (κ3) is 3.65. The zero-order valence-corrected chi connectivity index (χ0v) is 14.7. The standard InChI is InChI=1S/C19H19F2N5O/c20-16-4-1-5-17(21)15(16)7-6-13-3-2-9-25(12-13)19(27)14-8-10-26-18(11-14)22-23-24-26/h1,4-5,8,10-11,13H,2-3,6-7,9,12H2/t13-/m1/s1. The van der Waals surface area contributed by atoms with Crippen molar-refractivity contribution in [1.82, 2.24) is 24.9 Å². The molecule has 0 spiro atoms. The third-order valence-electron chi connectivity index (χ3n) is 5.12. The van der Waals surface area contributed by atoms with E-state index in [9.17, 15) is 13.6 Å². The first-order valence-corrected chi connectivity index (χ1v) is 9.02. The summed E-state index contributed by atoms with van der Waals surface area (Å²) >= 11 is 0. The number of piperidine rings is 1. The van der Waals surface area contributed by atoms with Gasteiger partial charge in [0.05, 0.1) is 0 Å². The Labute approximate surface area is 154 Å². The van der Waals surface area contributed by atoms with Crippen LogP contribution in [0.4, 0.5) is 8.78 Å². The van der Waals surface area contributed by atoms with Gasteiger partial charge in [-0.3, -0.25) is 4.79 Å². The Balaban J connectivity index is 1.42. The van der Waals surface area contributed by atoms with Crippen LogP contribution in [0, 0.1) is 17.6 Å². The minimum atomic E-state index is -0.506. The summed E-state index contributed by atoms with van der Waals surface area (Å²) in [5, 5.41) is 11.2. The molecular formula is C19H19F2N5O. The SMILES string of the molecule is O=C(c1ccn2nnnc2c1)N1CCC[C@H](CCc2c(F)cccc2F)C1. The molecule has 0 unspecified atom stereocenters. The Hall–Kier alpha value is -2.90. The maximum Gasteiger partial charge on any atom is 0.254 e. The number of tetrazole rings is 1. The molecule has 0 bridgehead atoms. The van der Waals surface area contributed by atoms with Crippen LogP contribution in [0.3, 0.4) is 0 Å². The molecule has 0 radical (unpaired) electrons. The van der Waals surface area contributed by atoms with Crippen LogP contribution in [-0.2, 0) is 6.42 Å². The molecule has 4 rings (SSSR count). The number of hydrogen-bond donors (Lipinski definition) is 0. The number of likely N-dealkylation sites (tertiary alicyclic amines) is 1. The number of aromatic nitrogens is 4. The molecule has 6 nitrogen and oxygen atoms in total. The molecule has 0 N–H and O–H groups in total. The molecular weight excluding hydrogens is 352 g/mol. The van der Waals surface area contributed by atoms with Gasteiger partial charge in [0, 0.05) is 30.4 Å². The minimum Gasteiger partial charge on any atom is -0.338 e. The summed E-state index contributed by atoms with van der Waals surface area (Å²) in [6, 6.07) is 7.30. The van der Waals surface area contributed by atoms with E-state index in [1.807, 2.05) is 4.90 Å². The molecule has 8 heteroatoms. The fraction of sp³-hybridized carbons (Fsp3) is 0.368. The van der Waals surface area contributed by atoms with Gasteiger partial charge in [-0.2, -0.15) is 0 Å². The summed E-state index contributed by atoms with van der Waals surface area (Å²) in [6.07, 6.45) is 4.47. The number of amides is 1. The molecule has 1 aromatic carbocycles. The van der Waals surface area contributed by atoms with Gasteiger partial charge in [0.1, 0.15) is 11.6 Å². The normalized spacial score (nSPS) is 17.4. The monoisotopic (exact) mass is 371 g/mol. The first-order valence-electron chi connectivity index (χ1n) is 9.02. The van der Waals surface area contributed by atoms with Crippen molar-refractivity contribution >= 4 is 11.6 Å². The summed E-state index contributed by atoms with van der Waals surface area (Å²) in [5.74, 6) is -0.856. The molecule has 1 saturated heterocycles. The Morgan fingerprint density at radius 1 is 1.22 bits per heavy atom. The second kappa shape index (κ2) is 7.38. The molecule has 3 heterocycles. The molecule has 1 atom stereocenters.